The van der Waals surface area contributed by atoms with Gasteiger partial charge in [0.1, 0.15) is 6.04 Å². The van der Waals surface area contributed by atoms with Gasteiger partial charge in [-0.25, -0.2) is 4.79 Å². The number of nitrogens with zero attached hydrogens (tertiary/aromatic N) is 2. The lowest BCUT2D eigenvalue weighted by molar-refractivity contribution is -0.129. The third-order valence-electron chi connectivity index (χ3n) is 4.78. The van der Waals surface area contributed by atoms with Crippen molar-refractivity contribution < 1.29 is 9.59 Å². The van der Waals surface area contributed by atoms with Crippen molar-refractivity contribution in [3.8, 4) is 0 Å². The fourth-order valence-electron chi connectivity index (χ4n) is 3.33. The van der Waals surface area contributed by atoms with E-state index < -0.39 is 0 Å². The number of carbonyl (C=O) groups excluding carboxylic acids is 2. The van der Waals surface area contributed by atoms with E-state index in [1.807, 2.05) is 37.3 Å². The molecule has 118 valence electrons. The van der Waals surface area contributed by atoms with Crippen LogP contribution in [0.4, 0.5) is 4.79 Å². The Morgan fingerprint density at radius 3 is 2.59 bits per heavy atom. The number of nitrogens with one attached hydrogen (secondary N) is 1. The van der Waals surface area contributed by atoms with E-state index in [4.69, 9.17) is 0 Å². The fourth-order valence-corrected chi connectivity index (χ4v) is 3.33. The number of hydrogen-bond donors (Lipinski definition) is 1. The van der Waals surface area contributed by atoms with Gasteiger partial charge in [-0.15, -0.1) is 0 Å². The average molecular weight is 301 g/mol. The van der Waals surface area contributed by atoms with E-state index in [9.17, 15) is 9.59 Å². The summed E-state index contributed by atoms with van der Waals surface area (Å²) >= 11 is 0. The van der Waals surface area contributed by atoms with Crippen LogP contribution in [0.3, 0.4) is 0 Å². The van der Waals surface area contributed by atoms with Crippen LogP contribution in [-0.2, 0) is 4.79 Å². The zero-order valence-electron chi connectivity index (χ0n) is 13.3. The van der Waals surface area contributed by atoms with Gasteiger partial charge in [-0.3, -0.25) is 15.0 Å². The van der Waals surface area contributed by atoms with Gasteiger partial charge in [0.05, 0.1) is 12.1 Å². The number of amides is 3. The molecule has 2 fully saturated rings. The molecule has 1 aromatic carbocycles. The first kappa shape index (κ1) is 15.0. The van der Waals surface area contributed by atoms with Crippen molar-refractivity contribution in [3.63, 3.8) is 0 Å². The predicted molar refractivity (Wildman–Crippen MR) is 84.3 cm³/mol. The highest BCUT2D eigenvalue weighted by Gasteiger charge is 2.52. The van der Waals surface area contributed by atoms with Crippen molar-refractivity contribution >= 4 is 11.9 Å². The van der Waals surface area contributed by atoms with Gasteiger partial charge < -0.3 is 4.90 Å². The molecule has 0 radical (unpaired) electrons. The van der Waals surface area contributed by atoms with Crippen molar-refractivity contribution in [2.24, 2.45) is 0 Å². The molecular formula is C17H23N3O2. The maximum Gasteiger partial charge on any atom is 0.327 e. The summed E-state index contributed by atoms with van der Waals surface area (Å²) in [5, 5.41) is 3.21. The Morgan fingerprint density at radius 2 is 1.95 bits per heavy atom. The van der Waals surface area contributed by atoms with Gasteiger partial charge >= 0.3 is 6.03 Å². The van der Waals surface area contributed by atoms with Gasteiger partial charge in [-0.1, -0.05) is 43.7 Å². The normalized spacial score (nSPS) is 30.8. The largest absolute Gasteiger partial charge is 0.327 e. The summed E-state index contributed by atoms with van der Waals surface area (Å²) in [4.78, 5) is 28.4. The highest BCUT2D eigenvalue weighted by Crippen LogP contribution is 2.36. The number of carbonyl (C=O) groups is 2. The number of imide groups is 1. The van der Waals surface area contributed by atoms with Gasteiger partial charge in [0.15, 0.2) is 0 Å². The van der Waals surface area contributed by atoms with Crippen LogP contribution < -0.4 is 5.32 Å². The molecule has 0 unspecified atom stereocenters. The SMILES string of the molecule is CCC[C@H]1N[C@@H]1C(=O)N1C(=O)N(C)[C@@H](C)[C@H]1c1ccccc1. The van der Waals surface area contributed by atoms with Gasteiger partial charge in [0, 0.05) is 13.1 Å². The van der Waals surface area contributed by atoms with Crippen molar-refractivity contribution in [1.29, 1.82) is 0 Å². The Balaban J connectivity index is 1.87. The van der Waals surface area contributed by atoms with Crippen molar-refractivity contribution in [3.05, 3.63) is 35.9 Å². The molecule has 0 bridgehead atoms. The van der Waals surface area contributed by atoms with Gasteiger partial charge in [-0.2, -0.15) is 0 Å². The van der Waals surface area contributed by atoms with Crippen LogP contribution in [0.15, 0.2) is 30.3 Å². The van der Waals surface area contributed by atoms with Gasteiger partial charge in [0.2, 0.25) is 5.91 Å². The second-order valence-electron chi connectivity index (χ2n) is 6.24. The van der Waals surface area contributed by atoms with E-state index in [0.717, 1.165) is 18.4 Å². The third-order valence-corrected chi connectivity index (χ3v) is 4.78. The zero-order chi connectivity index (χ0) is 15.9. The van der Waals surface area contributed by atoms with Crippen LogP contribution in [-0.4, -0.2) is 46.9 Å². The molecule has 3 amide bonds. The van der Waals surface area contributed by atoms with E-state index in [2.05, 4.69) is 12.2 Å². The molecule has 2 aliphatic rings. The maximum absolute atomic E-state index is 12.8. The smallest absolute Gasteiger partial charge is 0.322 e. The Morgan fingerprint density at radius 1 is 1.27 bits per heavy atom. The standard InChI is InChI=1S/C17H23N3O2/c1-4-8-13-14(18-13)16(21)20-15(11(2)19(3)17(20)22)12-9-6-5-7-10-12/h5-7,9-11,13-15,18H,4,8H2,1-3H3/t11-,13+,14-,15-/m0/s1. The number of urea groups is 1. The molecule has 4 atom stereocenters. The fraction of sp³-hybridized carbons (Fsp3) is 0.529. The highest BCUT2D eigenvalue weighted by molar-refractivity contribution is 6.01. The van der Waals surface area contributed by atoms with Crippen molar-refractivity contribution in [2.45, 2.75) is 50.9 Å². The molecule has 3 rings (SSSR count). The van der Waals surface area contributed by atoms with Crippen LogP contribution in [0.25, 0.3) is 0 Å². The first-order chi connectivity index (χ1) is 10.6. The predicted octanol–water partition coefficient (Wildman–Crippen LogP) is 2.15. The lowest BCUT2D eigenvalue weighted by Gasteiger charge is -2.24. The summed E-state index contributed by atoms with van der Waals surface area (Å²) in [6.07, 6.45) is 2.01. The lowest BCUT2D eigenvalue weighted by atomic mass is 10.00. The highest BCUT2D eigenvalue weighted by atomic mass is 16.2. The zero-order valence-corrected chi connectivity index (χ0v) is 13.3. The molecule has 2 aliphatic heterocycles. The molecule has 22 heavy (non-hydrogen) atoms. The minimum absolute atomic E-state index is 0.0257. The molecule has 5 nitrogen and oxygen atoms in total. The Hall–Kier alpha value is -1.88. The number of benzene rings is 1. The molecular weight excluding hydrogens is 278 g/mol. The molecule has 2 saturated heterocycles. The van der Waals surface area contributed by atoms with Gasteiger partial charge in [-0.05, 0) is 18.9 Å². The topological polar surface area (TPSA) is 62.6 Å². The summed E-state index contributed by atoms with van der Waals surface area (Å²) in [5.74, 6) is -0.0893. The first-order valence-corrected chi connectivity index (χ1v) is 7.97. The minimum atomic E-state index is -0.212. The average Bonchev–Trinajstić information content (AvgIpc) is 3.26. The van der Waals surface area contributed by atoms with Crippen molar-refractivity contribution in [2.75, 3.05) is 7.05 Å². The monoisotopic (exact) mass is 301 g/mol. The maximum atomic E-state index is 12.8. The molecule has 1 aromatic rings. The molecule has 2 heterocycles. The van der Waals surface area contributed by atoms with E-state index >= 15 is 0 Å². The molecule has 0 aliphatic carbocycles. The van der Waals surface area contributed by atoms with Crippen molar-refractivity contribution in [1.82, 2.24) is 15.1 Å². The molecule has 5 heteroatoms. The Bertz CT molecular complexity index is 575. The van der Waals surface area contributed by atoms with Gasteiger partial charge in [0.25, 0.3) is 0 Å². The van der Waals surface area contributed by atoms with Crippen LogP contribution in [0, 0.1) is 0 Å². The number of hydrogen-bond acceptors (Lipinski definition) is 3. The number of rotatable bonds is 4. The Kier molecular flexibility index (Phi) is 3.91. The molecule has 0 aromatic heterocycles. The van der Waals surface area contributed by atoms with Crippen LogP contribution >= 0.6 is 0 Å². The third kappa shape index (κ3) is 2.39. The van der Waals surface area contributed by atoms with E-state index in [0.29, 0.717) is 0 Å². The minimum Gasteiger partial charge on any atom is -0.322 e. The van der Waals surface area contributed by atoms with Crippen LogP contribution in [0.1, 0.15) is 38.3 Å². The molecule has 1 N–H and O–H groups in total. The summed E-state index contributed by atoms with van der Waals surface area (Å²) in [5.41, 5.74) is 1.01. The van der Waals surface area contributed by atoms with Crippen LogP contribution in [0.5, 0.6) is 0 Å². The van der Waals surface area contributed by atoms with E-state index in [-0.39, 0.29) is 36.1 Å². The summed E-state index contributed by atoms with van der Waals surface area (Å²) in [7, 11) is 1.76. The lowest BCUT2D eigenvalue weighted by Crippen LogP contribution is -2.40. The second kappa shape index (κ2) is 5.72. The molecule has 0 saturated carbocycles. The summed E-state index contributed by atoms with van der Waals surface area (Å²) < 4.78 is 0. The summed E-state index contributed by atoms with van der Waals surface area (Å²) in [6.45, 7) is 4.10. The summed E-state index contributed by atoms with van der Waals surface area (Å²) in [6, 6.07) is 9.40. The van der Waals surface area contributed by atoms with E-state index in [1.165, 1.54) is 4.90 Å². The quantitative estimate of drug-likeness (QED) is 0.867. The first-order valence-electron chi connectivity index (χ1n) is 7.97. The van der Waals surface area contributed by atoms with E-state index in [1.54, 1.807) is 11.9 Å². The second-order valence-corrected chi connectivity index (χ2v) is 6.24. The number of likely N-dealkylation sites (N-methyl/N-ethyl adjacent to an activating group) is 1. The Labute approximate surface area is 131 Å². The van der Waals surface area contributed by atoms with Crippen LogP contribution in [0.2, 0.25) is 0 Å². The molecule has 0 spiro atoms.